The maximum Gasteiger partial charge on any atom is 0.343 e. The minimum Gasteiger partial charge on any atom is -0.404 e. The van der Waals surface area contributed by atoms with Crippen LogP contribution >= 0.6 is 0 Å². The van der Waals surface area contributed by atoms with Crippen LogP contribution in [0.5, 0.6) is 0 Å². The molecule has 2 heterocycles. The molecule has 0 bridgehead atoms. The van der Waals surface area contributed by atoms with Gasteiger partial charge in [0.1, 0.15) is 32.7 Å². The van der Waals surface area contributed by atoms with Crippen LogP contribution in [0.25, 0.3) is 0 Å². The molecule has 1 aromatic carbocycles. The normalized spacial score (nSPS) is 29.9. The number of quaternary nitrogens is 2. The molecule has 0 unspecified atom stereocenters. The molecule has 0 aliphatic carbocycles. The van der Waals surface area contributed by atoms with Crippen molar-refractivity contribution in [3.05, 3.63) is 35.4 Å². The van der Waals surface area contributed by atoms with Crippen molar-refractivity contribution in [1.29, 1.82) is 0 Å². The number of aliphatic hydroxyl groups is 1. The van der Waals surface area contributed by atoms with Gasteiger partial charge in [0.25, 0.3) is 6.23 Å². The number of carbonyl (C=O) groups excluding carboxylic acids is 1. The van der Waals surface area contributed by atoms with Crippen molar-refractivity contribution >= 4 is 5.97 Å². The van der Waals surface area contributed by atoms with Crippen LogP contribution in [-0.4, -0.2) is 50.4 Å². The topological polar surface area (TPSA) is 55.4 Å². The molecule has 2 aliphatic heterocycles. The number of benzene rings is 1. The fourth-order valence-corrected chi connectivity index (χ4v) is 3.04. The summed E-state index contributed by atoms with van der Waals surface area (Å²) in [6.45, 7) is 5.04. The minimum atomic E-state index is -0.196. The van der Waals surface area contributed by atoms with Gasteiger partial charge >= 0.3 is 5.97 Å². The largest absolute Gasteiger partial charge is 0.404 e. The van der Waals surface area contributed by atoms with Gasteiger partial charge in [-0.1, -0.05) is 12.1 Å². The Morgan fingerprint density at radius 3 is 2.68 bits per heavy atom. The zero-order chi connectivity index (χ0) is 13.2. The molecule has 5 heteroatoms. The third-order valence-corrected chi connectivity index (χ3v) is 4.12. The second-order valence-electron chi connectivity index (χ2n) is 5.25. The van der Waals surface area contributed by atoms with Crippen molar-refractivity contribution in [2.45, 2.75) is 6.23 Å². The molecular formula is C14H20N2O3+2. The third kappa shape index (κ3) is 2.36. The molecule has 3 N–H and O–H groups in total. The van der Waals surface area contributed by atoms with Crippen LogP contribution in [0.3, 0.4) is 0 Å². The number of hydrogen-bond acceptors (Lipinski definition) is 3. The smallest absolute Gasteiger partial charge is 0.343 e. The summed E-state index contributed by atoms with van der Waals surface area (Å²) in [5.41, 5.74) is 1.73. The summed E-state index contributed by atoms with van der Waals surface area (Å²) < 4.78 is 5.53. The lowest BCUT2D eigenvalue weighted by Crippen LogP contribution is -3.28. The molecule has 3 rings (SSSR count). The SMILES string of the molecule is O=C1O[C@@H]([NH+]2CC[NH+](CCO)CC2)c2ccccc21. The van der Waals surface area contributed by atoms with E-state index in [4.69, 9.17) is 9.84 Å². The molecule has 5 nitrogen and oxygen atoms in total. The summed E-state index contributed by atoms with van der Waals surface area (Å²) in [5, 5.41) is 8.96. The summed E-state index contributed by atoms with van der Waals surface area (Å²) in [6, 6.07) is 7.66. The molecule has 2 aliphatic rings. The van der Waals surface area contributed by atoms with Gasteiger partial charge in [-0.3, -0.25) is 4.90 Å². The van der Waals surface area contributed by atoms with E-state index in [1.54, 1.807) is 0 Å². The standard InChI is InChI=1S/C14H18N2O3/c17-10-9-15-5-7-16(8-6-15)13-11-3-1-2-4-12(11)14(18)19-13/h1-4,13,17H,5-10H2/p+2/t13-/m1/s1. The number of piperazine rings is 1. The van der Waals surface area contributed by atoms with Crippen LogP contribution in [0.1, 0.15) is 22.1 Å². The van der Waals surface area contributed by atoms with Crippen molar-refractivity contribution in [2.75, 3.05) is 39.3 Å². The Bertz CT molecular complexity index is 470. The maximum atomic E-state index is 11.8. The van der Waals surface area contributed by atoms with E-state index < -0.39 is 0 Å². The van der Waals surface area contributed by atoms with Gasteiger partial charge in [-0.05, 0) is 12.1 Å². The van der Waals surface area contributed by atoms with E-state index >= 15 is 0 Å². The van der Waals surface area contributed by atoms with E-state index in [0.717, 1.165) is 38.3 Å². The monoisotopic (exact) mass is 264 g/mol. The number of esters is 1. The molecule has 0 spiro atoms. The number of hydrogen-bond donors (Lipinski definition) is 3. The molecule has 19 heavy (non-hydrogen) atoms. The van der Waals surface area contributed by atoms with Crippen LogP contribution in [0.15, 0.2) is 24.3 Å². The molecule has 0 amide bonds. The van der Waals surface area contributed by atoms with Gasteiger partial charge in [-0.15, -0.1) is 0 Å². The first kappa shape index (κ1) is 12.6. The van der Waals surface area contributed by atoms with Gasteiger partial charge in [-0.25, -0.2) is 4.79 Å². The number of rotatable bonds is 3. The van der Waals surface area contributed by atoms with Crippen LogP contribution in [0.2, 0.25) is 0 Å². The molecular weight excluding hydrogens is 244 g/mol. The third-order valence-electron chi connectivity index (χ3n) is 4.12. The molecule has 0 saturated carbocycles. The van der Waals surface area contributed by atoms with Crippen LogP contribution in [0.4, 0.5) is 0 Å². The maximum absolute atomic E-state index is 11.8. The van der Waals surface area contributed by atoms with E-state index in [-0.39, 0.29) is 18.8 Å². The summed E-state index contributed by atoms with van der Waals surface area (Å²) >= 11 is 0. The van der Waals surface area contributed by atoms with Gasteiger partial charge in [0.05, 0.1) is 17.7 Å². The van der Waals surface area contributed by atoms with E-state index in [0.29, 0.717) is 5.56 Å². The summed E-state index contributed by atoms with van der Waals surface area (Å²) in [5.74, 6) is -0.196. The Morgan fingerprint density at radius 1 is 1.21 bits per heavy atom. The quantitative estimate of drug-likeness (QED) is 0.535. The second kappa shape index (κ2) is 5.28. The van der Waals surface area contributed by atoms with Gasteiger partial charge < -0.3 is 14.7 Å². The predicted octanol–water partition coefficient (Wildman–Crippen LogP) is -2.37. The molecule has 1 fully saturated rings. The summed E-state index contributed by atoms with van der Waals surface area (Å²) in [4.78, 5) is 14.6. The van der Waals surface area contributed by atoms with E-state index in [2.05, 4.69) is 0 Å². The molecule has 1 aromatic rings. The molecule has 1 atom stereocenters. The summed E-state index contributed by atoms with van der Waals surface area (Å²) in [7, 11) is 0. The van der Waals surface area contributed by atoms with Crippen LogP contribution in [0, 0.1) is 0 Å². The first-order valence-corrected chi connectivity index (χ1v) is 6.88. The summed E-state index contributed by atoms with van der Waals surface area (Å²) in [6.07, 6.45) is -0.139. The lowest BCUT2D eigenvalue weighted by molar-refractivity contribution is -1.04. The Hall–Kier alpha value is -1.43. The Kier molecular flexibility index (Phi) is 3.50. The molecule has 0 radical (unpaired) electrons. The fraction of sp³-hybridized carbons (Fsp3) is 0.500. The number of ether oxygens (including phenoxy) is 1. The first-order chi connectivity index (χ1) is 9.29. The average molecular weight is 264 g/mol. The van der Waals surface area contributed by atoms with Gasteiger partial charge in [-0.2, -0.15) is 0 Å². The highest BCUT2D eigenvalue weighted by Gasteiger charge is 2.40. The van der Waals surface area contributed by atoms with Crippen molar-refractivity contribution in [3.8, 4) is 0 Å². The zero-order valence-electron chi connectivity index (χ0n) is 10.9. The van der Waals surface area contributed by atoms with E-state index in [9.17, 15) is 4.79 Å². The highest BCUT2D eigenvalue weighted by molar-refractivity contribution is 5.93. The van der Waals surface area contributed by atoms with Gasteiger partial charge in [0.2, 0.25) is 0 Å². The van der Waals surface area contributed by atoms with E-state index in [1.165, 1.54) is 9.80 Å². The zero-order valence-corrected chi connectivity index (χ0v) is 10.9. The minimum absolute atomic E-state index is 0.139. The lowest BCUT2D eigenvalue weighted by Gasteiger charge is -2.32. The average Bonchev–Trinajstić information content (AvgIpc) is 2.78. The second-order valence-corrected chi connectivity index (χ2v) is 5.25. The Balaban J connectivity index is 1.70. The van der Waals surface area contributed by atoms with Crippen LogP contribution < -0.4 is 9.80 Å². The number of cyclic esters (lactones) is 1. The predicted molar refractivity (Wildman–Crippen MR) is 67.9 cm³/mol. The highest BCUT2D eigenvalue weighted by atomic mass is 16.6. The fourth-order valence-electron chi connectivity index (χ4n) is 3.04. The first-order valence-electron chi connectivity index (χ1n) is 6.88. The van der Waals surface area contributed by atoms with Crippen molar-refractivity contribution in [3.63, 3.8) is 0 Å². The van der Waals surface area contributed by atoms with E-state index in [1.807, 2.05) is 24.3 Å². The molecule has 1 saturated heterocycles. The van der Waals surface area contributed by atoms with Crippen molar-refractivity contribution in [2.24, 2.45) is 0 Å². The van der Waals surface area contributed by atoms with Gasteiger partial charge in [0.15, 0.2) is 0 Å². The number of fused-ring (bicyclic) bond motifs is 1. The van der Waals surface area contributed by atoms with Crippen molar-refractivity contribution < 1.29 is 24.4 Å². The lowest BCUT2D eigenvalue weighted by atomic mass is 10.1. The van der Waals surface area contributed by atoms with Crippen LogP contribution in [-0.2, 0) is 4.74 Å². The van der Waals surface area contributed by atoms with Crippen molar-refractivity contribution in [1.82, 2.24) is 0 Å². The highest BCUT2D eigenvalue weighted by Crippen LogP contribution is 2.25. The molecule has 102 valence electrons. The number of nitrogens with one attached hydrogen (secondary N) is 2. The van der Waals surface area contributed by atoms with Gasteiger partial charge in [0, 0.05) is 0 Å². The number of aliphatic hydroxyl groups excluding tert-OH is 1. The Labute approximate surface area is 112 Å². The molecule has 0 aromatic heterocycles. The Morgan fingerprint density at radius 2 is 1.95 bits per heavy atom. The number of carbonyl (C=O) groups is 1.